The number of alkyl halides is 1. The van der Waals surface area contributed by atoms with E-state index in [4.69, 9.17) is 16.3 Å². The third kappa shape index (κ3) is 4.08. The van der Waals surface area contributed by atoms with E-state index in [1.807, 2.05) is 36.4 Å². The van der Waals surface area contributed by atoms with Crippen LogP contribution in [0.1, 0.15) is 31.0 Å². The third-order valence-electron chi connectivity index (χ3n) is 2.65. The molecule has 1 aromatic heterocycles. The second kappa shape index (κ2) is 6.57. The lowest BCUT2D eigenvalue weighted by Crippen LogP contribution is -1.98. The molecule has 0 saturated carbocycles. The standard InChI is InChI=1S/C15H15ClINO/c1-10(2)14-6-11(9-16)7-15(18-14)19-13-5-3-4-12(17)8-13/h3-8,10H,9H2,1-2H3. The Morgan fingerprint density at radius 3 is 2.68 bits per heavy atom. The SMILES string of the molecule is CC(C)c1cc(CCl)cc(Oc2cccc(I)c2)n1. The Labute approximate surface area is 132 Å². The van der Waals surface area contributed by atoms with Gasteiger partial charge in [-0.3, -0.25) is 0 Å². The molecule has 2 aromatic rings. The number of nitrogens with zero attached hydrogens (tertiary/aromatic N) is 1. The molecular formula is C15H15ClINO. The molecule has 0 fully saturated rings. The Kier molecular flexibility index (Phi) is 5.05. The summed E-state index contributed by atoms with van der Waals surface area (Å²) in [6.45, 7) is 4.21. The lowest BCUT2D eigenvalue weighted by molar-refractivity contribution is 0.458. The van der Waals surface area contributed by atoms with Gasteiger partial charge < -0.3 is 4.74 Å². The molecule has 0 radical (unpaired) electrons. The van der Waals surface area contributed by atoms with Crippen molar-refractivity contribution in [1.82, 2.24) is 4.98 Å². The summed E-state index contributed by atoms with van der Waals surface area (Å²) < 4.78 is 6.95. The number of hydrogen-bond acceptors (Lipinski definition) is 2. The van der Waals surface area contributed by atoms with Crippen molar-refractivity contribution in [2.24, 2.45) is 0 Å². The van der Waals surface area contributed by atoms with Crippen LogP contribution in [0.15, 0.2) is 36.4 Å². The predicted molar refractivity (Wildman–Crippen MR) is 87.1 cm³/mol. The lowest BCUT2D eigenvalue weighted by Gasteiger charge is -2.11. The maximum Gasteiger partial charge on any atom is 0.219 e. The van der Waals surface area contributed by atoms with Crippen LogP contribution in [0.2, 0.25) is 0 Å². The minimum absolute atomic E-state index is 0.349. The number of hydrogen-bond donors (Lipinski definition) is 0. The highest BCUT2D eigenvalue weighted by atomic mass is 127. The third-order valence-corrected chi connectivity index (χ3v) is 3.63. The van der Waals surface area contributed by atoms with Gasteiger partial charge in [-0.05, 0) is 58.3 Å². The Morgan fingerprint density at radius 2 is 2.05 bits per heavy atom. The van der Waals surface area contributed by atoms with Crippen LogP contribution in [0.5, 0.6) is 11.6 Å². The van der Waals surface area contributed by atoms with Crippen LogP contribution in [0.3, 0.4) is 0 Å². The molecule has 0 saturated heterocycles. The van der Waals surface area contributed by atoms with E-state index in [0.29, 0.717) is 17.7 Å². The Balaban J connectivity index is 2.31. The van der Waals surface area contributed by atoms with Gasteiger partial charge in [-0.2, -0.15) is 0 Å². The second-order valence-corrected chi connectivity index (χ2v) is 6.10. The first kappa shape index (κ1) is 14.6. The van der Waals surface area contributed by atoms with Gasteiger partial charge in [0.25, 0.3) is 0 Å². The normalized spacial score (nSPS) is 10.8. The van der Waals surface area contributed by atoms with E-state index in [9.17, 15) is 0 Å². The van der Waals surface area contributed by atoms with Crippen molar-refractivity contribution in [1.29, 1.82) is 0 Å². The zero-order valence-corrected chi connectivity index (χ0v) is 13.8. The number of aromatic nitrogens is 1. The molecule has 100 valence electrons. The molecule has 1 heterocycles. The minimum atomic E-state index is 0.349. The Hall–Kier alpha value is -0.810. The zero-order chi connectivity index (χ0) is 13.8. The van der Waals surface area contributed by atoms with Crippen molar-refractivity contribution < 1.29 is 4.74 Å². The fourth-order valence-corrected chi connectivity index (χ4v) is 2.33. The molecule has 0 atom stereocenters. The second-order valence-electron chi connectivity index (χ2n) is 4.59. The molecule has 0 aliphatic heterocycles. The van der Waals surface area contributed by atoms with Crippen molar-refractivity contribution in [2.45, 2.75) is 25.6 Å². The molecule has 2 rings (SSSR count). The summed E-state index contributed by atoms with van der Waals surface area (Å²) in [4.78, 5) is 4.52. The number of rotatable bonds is 4. The first-order valence-electron chi connectivity index (χ1n) is 6.08. The maximum absolute atomic E-state index is 5.92. The molecule has 19 heavy (non-hydrogen) atoms. The van der Waals surface area contributed by atoms with E-state index in [-0.39, 0.29) is 0 Å². The largest absolute Gasteiger partial charge is 0.439 e. The molecule has 4 heteroatoms. The summed E-state index contributed by atoms with van der Waals surface area (Å²) in [5.74, 6) is 2.20. The predicted octanol–water partition coefficient (Wildman–Crippen LogP) is 5.34. The number of benzene rings is 1. The molecule has 0 aliphatic rings. The van der Waals surface area contributed by atoms with Crippen molar-refractivity contribution in [3.8, 4) is 11.6 Å². The Bertz CT molecular complexity index is 572. The molecule has 1 aromatic carbocycles. The first-order chi connectivity index (χ1) is 9.08. The van der Waals surface area contributed by atoms with Crippen LogP contribution in [-0.2, 0) is 5.88 Å². The number of ether oxygens (including phenoxy) is 1. The highest BCUT2D eigenvalue weighted by Gasteiger charge is 2.07. The molecule has 0 aliphatic carbocycles. The van der Waals surface area contributed by atoms with Gasteiger partial charge in [-0.25, -0.2) is 4.98 Å². The molecule has 0 amide bonds. The summed E-state index contributed by atoms with van der Waals surface area (Å²) in [7, 11) is 0. The summed E-state index contributed by atoms with van der Waals surface area (Å²) in [5, 5.41) is 0. The highest BCUT2D eigenvalue weighted by molar-refractivity contribution is 14.1. The lowest BCUT2D eigenvalue weighted by atomic mass is 10.1. The van der Waals surface area contributed by atoms with Gasteiger partial charge in [0.2, 0.25) is 5.88 Å². The summed E-state index contributed by atoms with van der Waals surface area (Å²) in [6, 6.07) is 11.8. The topological polar surface area (TPSA) is 22.1 Å². The summed E-state index contributed by atoms with van der Waals surface area (Å²) >= 11 is 8.18. The Morgan fingerprint density at radius 1 is 1.26 bits per heavy atom. The van der Waals surface area contributed by atoms with E-state index in [1.165, 1.54) is 0 Å². The van der Waals surface area contributed by atoms with Crippen LogP contribution < -0.4 is 4.74 Å². The van der Waals surface area contributed by atoms with Gasteiger partial charge in [0, 0.05) is 21.2 Å². The first-order valence-corrected chi connectivity index (χ1v) is 7.70. The van der Waals surface area contributed by atoms with Crippen LogP contribution in [0.4, 0.5) is 0 Å². The number of pyridine rings is 1. The van der Waals surface area contributed by atoms with Crippen molar-refractivity contribution >= 4 is 34.2 Å². The fraction of sp³-hybridized carbons (Fsp3) is 0.267. The maximum atomic E-state index is 5.92. The van der Waals surface area contributed by atoms with Crippen molar-refractivity contribution in [3.63, 3.8) is 0 Å². The van der Waals surface area contributed by atoms with Gasteiger partial charge in [0.1, 0.15) is 5.75 Å². The average molecular weight is 388 g/mol. The molecule has 0 bridgehead atoms. The number of halogens is 2. The van der Waals surface area contributed by atoms with Gasteiger partial charge in [0.15, 0.2) is 0 Å². The molecule has 0 spiro atoms. The highest BCUT2D eigenvalue weighted by Crippen LogP contribution is 2.25. The van der Waals surface area contributed by atoms with Crippen LogP contribution in [-0.4, -0.2) is 4.98 Å². The van der Waals surface area contributed by atoms with E-state index in [0.717, 1.165) is 20.6 Å². The minimum Gasteiger partial charge on any atom is -0.439 e. The average Bonchev–Trinajstić information content (AvgIpc) is 2.38. The van der Waals surface area contributed by atoms with E-state index < -0.39 is 0 Å². The van der Waals surface area contributed by atoms with Crippen LogP contribution >= 0.6 is 34.2 Å². The smallest absolute Gasteiger partial charge is 0.219 e. The molecule has 2 nitrogen and oxygen atoms in total. The van der Waals surface area contributed by atoms with E-state index in [2.05, 4.69) is 41.4 Å². The summed E-state index contributed by atoms with van der Waals surface area (Å²) in [5.41, 5.74) is 2.03. The van der Waals surface area contributed by atoms with Crippen LogP contribution in [0.25, 0.3) is 0 Å². The fourth-order valence-electron chi connectivity index (χ4n) is 1.66. The molecule has 0 unspecified atom stereocenters. The van der Waals surface area contributed by atoms with E-state index >= 15 is 0 Å². The zero-order valence-electron chi connectivity index (χ0n) is 10.9. The molecule has 0 N–H and O–H groups in total. The van der Waals surface area contributed by atoms with Crippen LogP contribution in [0, 0.1) is 3.57 Å². The quantitative estimate of drug-likeness (QED) is 0.522. The van der Waals surface area contributed by atoms with Crippen molar-refractivity contribution in [3.05, 3.63) is 51.2 Å². The summed E-state index contributed by atoms with van der Waals surface area (Å²) in [6.07, 6.45) is 0. The van der Waals surface area contributed by atoms with Gasteiger partial charge in [0.05, 0.1) is 0 Å². The van der Waals surface area contributed by atoms with Gasteiger partial charge in [-0.1, -0.05) is 19.9 Å². The monoisotopic (exact) mass is 387 g/mol. The van der Waals surface area contributed by atoms with E-state index in [1.54, 1.807) is 0 Å². The van der Waals surface area contributed by atoms with Gasteiger partial charge >= 0.3 is 0 Å². The van der Waals surface area contributed by atoms with Crippen molar-refractivity contribution in [2.75, 3.05) is 0 Å². The van der Waals surface area contributed by atoms with Gasteiger partial charge in [-0.15, -0.1) is 11.6 Å². The molecular weight excluding hydrogens is 373 g/mol.